The predicted molar refractivity (Wildman–Crippen MR) is 99.9 cm³/mol. The maximum Gasteiger partial charge on any atom is 0.0900 e. The first-order valence-electron chi connectivity index (χ1n) is 8.79. The maximum atomic E-state index is 10.9. The lowest BCUT2D eigenvalue weighted by atomic mass is 9.91. The van der Waals surface area contributed by atoms with Crippen LogP contribution in [0.4, 0.5) is 0 Å². The highest BCUT2D eigenvalue weighted by molar-refractivity contribution is 5.67. The number of likely N-dealkylation sites (N-methyl/N-ethyl adjacent to an activating group) is 1. The molecule has 3 heteroatoms. The predicted octanol–water partition coefficient (Wildman–Crippen LogP) is 3.24. The standard InChI is InChI=1S/C21H28N2O/c1-22(2)16-21(24)13-8-14-23(17-21)15-19-11-6-7-12-20(19)18-9-4-3-5-10-18/h3-7,9-12,24H,8,13-17H2,1-2H3/t21-/m0/s1. The zero-order valence-corrected chi connectivity index (χ0v) is 14.8. The molecule has 1 atom stereocenters. The van der Waals surface area contributed by atoms with Gasteiger partial charge in [0.1, 0.15) is 0 Å². The lowest BCUT2D eigenvalue weighted by Gasteiger charge is -2.40. The Morgan fingerprint density at radius 2 is 1.75 bits per heavy atom. The third kappa shape index (κ3) is 4.23. The molecular formula is C21H28N2O. The van der Waals surface area contributed by atoms with Crippen molar-refractivity contribution in [3.63, 3.8) is 0 Å². The molecule has 0 spiro atoms. The molecule has 0 saturated carbocycles. The molecule has 0 radical (unpaired) electrons. The van der Waals surface area contributed by atoms with E-state index in [0.717, 1.165) is 39.0 Å². The number of likely N-dealkylation sites (tertiary alicyclic amines) is 1. The lowest BCUT2D eigenvalue weighted by molar-refractivity contribution is -0.0479. The first-order valence-corrected chi connectivity index (χ1v) is 8.79. The summed E-state index contributed by atoms with van der Waals surface area (Å²) in [6.07, 6.45) is 1.94. The van der Waals surface area contributed by atoms with E-state index in [0.29, 0.717) is 0 Å². The van der Waals surface area contributed by atoms with E-state index in [2.05, 4.69) is 64.4 Å². The summed E-state index contributed by atoms with van der Waals surface area (Å²) in [5, 5.41) is 10.9. The molecule has 1 aliphatic heterocycles. The fraction of sp³-hybridized carbons (Fsp3) is 0.429. The van der Waals surface area contributed by atoms with Crippen LogP contribution >= 0.6 is 0 Å². The van der Waals surface area contributed by atoms with Crippen molar-refractivity contribution >= 4 is 0 Å². The van der Waals surface area contributed by atoms with Gasteiger partial charge in [0.2, 0.25) is 0 Å². The molecule has 3 nitrogen and oxygen atoms in total. The Morgan fingerprint density at radius 3 is 2.50 bits per heavy atom. The van der Waals surface area contributed by atoms with Gasteiger partial charge < -0.3 is 10.0 Å². The number of hydrogen-bond acceptors (Lipinski definition) is 3. The molecule has 0 aromatic heterocycles. The summed E-state index contributed by atoms with van der Waals surface area (Å²) in [6, 6.07) is 19.2. The molecule has 3 rings (SSSR count). The van der Waals surface area contributed by atoms with Gasteiger partial charge >= 0.3 is 0 Å². The Kier molecular flexibility index (Phi) is 5.34. The van der Waals surface area contributed by atoms with Gasteiger partial charge in [-0.25, -0.2) is 0 Å². The van der Waals surface area contributed by atoms with Crippen molar-refractivity contribution in [2.24, 2.45) is 0 Å². The Labute approximate surface area is 145 Å². The average Bonchev–Trinajstić information content (AvgIpc) is 2.55. The minimum atomic E-state index is -0.594. The van der Waals surface area contributed by atoms with Crippen LogP contribution < -0.4 is 0 Å². The number of piperidine rings is 1. The number of hydrogen-bond donors (Lipinski definition) is 1. The summed E-state index contributed by atoms with van der Waals surface area (Å²) in [5.74, 6) is 0. The van der Waals surface area contributed by atoms with E-state index in [9.17, 15) is 5.11 Å². The van der Waals surface area contributed by atoms with Crippen LogP contribution in [0.25, 0.3) is 11.1 Å². The van der Waals surface area contributed by atoms with Crippen LogP contribution in [0.15, 0.2) is 54.6 Å². The van der Waals surface area contributed by atoms with Crippen molar-refractivity contribution in [2.75, 3.05) is 33.7 Å². The van der Waals surface area contributed by atoms with Crippen LogP contribution in [0.2, 0.25) is 0 Å². The summed E-state index contributed by atoms with van der Waals surface area (Å²) >= 11 is 0. The summed E-state index contributed by atoms with van der Waals surface area (Å²) in [5.41, 5.74) is 3.29. The summed E-state index contributed by atoms with van der Waals surface area (Å²) in [4.78, 5) is 4.48. The van der Waals surface area contributed by atoms with Crippen LogP contribution in [0, 0.1) is 0 Å². The van der Waals surface area contributed by atoms with Gasteiger partial charge in [0.25, 0.3) is 0 Å². The second-order valence-electron chi connectivity index (χ2n) is 7.30. The van der Waals surface area contributed by atoms with Crippen molar-refractivity contribution in [1.29, 1.82) is 0 Å². The van der Waals surface area contributed by atoms with Gasteiger partial charge in [-0.05, 0) is 50.2 Å². The first kappa shape index (κ1) is 17.2. The molecule has 0 bridgehead atoms. The van der Waals surface area contributed by atoms with Gasteiger partial charge in [-0.3, -0.25) is 4.90 Å². The van der Waals surface area contributed by atoms with E-state index in [1.54, 1.807) is 0 Å². The molecule has 1 heterocycles. The van der Waals surface area contributed by atoms with E-state index in [-0.39, 0.29) is 0 Å². The van der Waals surface area contributed by atoms with Crippen molar-refractivity contribution in [3.05, 3.63) is 60.2 Å². The van der Waals surface area contributed by atoms with Crippen molar-refractivity contribution in [3.8, 4) is 11.1 Å². The van der Waals surface area contributed by atoms with Crippen LogP contribution in [0.5, 0.6) is 0 Å². The zero-order valence-electron chi connectivity index (χ0n) is 14.8. The summed E-state index contributed by atoms with van der Waals surface area (Å²) < 4.78 is 0. The topological polar surface area (TPSA) is 26.7 Å². The van der Waals surface area contributed by atoms with E-state index in [1.807, 2.05) is 14.1 Å². The molecule has 0 amide bonds. The Balaban J connectivity index is 1.77. The van der Waals surface area contributed by atoms with Gasteiger partial charge in [0.15, 0.2) is 0 Å². The highest BCUT2D eigenvalue weighted by atomic mass is 16.3. The lowest BCUT2D eigenvalue weighted by Crippen LogP contribution is -2.52. The number of aliphatic hydroxyl groups is 1. The van der Waals surface area contributed by atoms with Crippen LogP contribution in [0.3, 0.4) is 0 Å². The van der Waals surface area contributed by atoms with E-state index in [4.69, 9.17) is 0 Å². The fourth-order valence-electron chi connectivity index (χ4n) is 3.86. The fourth-order valence-corrected chi connectivity index (χ4v) is 3.86. The number of rotatable bonds is 5. The zero-order chi connectivity index (χ0) is 17.0. The van der Waals surface area contributed by atoms with Gasteiger partial charge in [-0.15, -0.1) is 0 Å². The van der Waals surface area contributed by atoms with Crippen molar-refractivity contribution < 1.29 is 5.11 Å². The molecule has 2 aromatic rings. The molecule has 128 valence electrons. The smallest absolute Gasteiger partial charge is 0.0900 e. The molecule has 24 heavy (non-hydrogen) atoms. The van der Waals surface area contributed by atoms with E-state index >= 15 is 0 Å². The van der Waals surface area contributed by atoms with Crippen LogP contribution in [-0.4, -0.2) is 54.2 Å². The van der Waals surface area contributed by atoms with Gasteiger partial charge in [-0.1, -0.05) is 54.6 Å². The maximum absolute atomic E-state index is 10.9. The van der Waals surface area contributed by atoms with Gasteiger partial charge in [0.05, 0.1) is 5.60 Å². The highest BCUT2D eigenvalue weighted by Gasteiger charge is 2.33. The number of β-amino-alcohol motifs (C(OH)–C–C–N with tert-alkyl or cyclic N) is 1. The molecule has 1 fully saturated rings. The SMILES string of the molecule is CN(C)C[C@@]1(O)CCCN(Cc2ccccc2-c2ccccc2)C1. The number of benzene rings is 2. The molecule has 0 aliphatic carbocycles. The minimum Gasteiger partial charge on any atom is -0.387 e. The molecule has 2 aromatic carbocycles. The molecule has 1 N–H and O–H groups in total. The second kappa shape index (κ2) is 7.47. The Morgan fingerprint density at radius 1 is 1.04 bits per heavy atom. The molecule has 1 aliphatic rings. The Bertz CT molecular complexity index is 656. The molecular weight excluding hydrogens is 296 g/mol. The average molecular weight is 324 g/mol. The summed E-state index contributed by atoms with van der Waals surface area (Å²) in [6.45, 7) is 3.41. The van der Waals surface area contributed by atoms with E-state index in [1.165, 1.54) is 16.7 Å². The third-order valence-electron chi connectivity index (χ3n) is 4.74. The normalized spacial score (nSPS) is 22.0. The minimum absolute atomic E-state index is 0.594. The summed E-state index contributed by atoms with van der Waals surface area (Å²) in [7, 11) is 4.06. The van der Waals surface area contributed by atoms with Gasteiger partial charge in [-0.2, -0.15) is 0 Å². The van der Waals surface area contributed by atoms with Crippen molar-refractivity contribution in [2.45, 2.75) is 25.0 Å². The molecule has 1 saturated heterocycles. The largest absolute Gasteiger partial charge is 0.387 e. The quantitative estimate of drug-likeness (QED) is 0.915. The van der Waals surface area contributed by atoms with Crippen molar-refractivity contribution in [1.82, 2.24) is 9.80 Å². The number of nitrogens with zero attached hydrogens (tertiary/aromatic N) is 2. The first-order chi connectivity index (χ1) is 11.6. The van der Waals surface area contributed by atoms with E-state index < -0.39 is 5.60 Å². The molecule has 0 unspecified atom stereocenters. The monoisotopic (exact) mass is 324 g/mol. The highest BCUT2D eigenvalue weighted by Crippen LogP contribution is 2.27. The second-order valence-corrected chi connectivity index (χ2v) is 7.30. The van der Waals surface area contributed by atoms with Gasteiger partial charge in [0, 0.05) is 19.6 Å². The van der Waals surface area contributed by atoms with Crippen LogP contribution in [-0.2, 0) is 6.54 Å². The van der Waals surface area contributed by atoms with Crippen LogP contribution in [0.1, 0.15) is 18.4 Å². The third-order valence-corrected chi connectivity index (χ3v) is 4.74. The Hall–Kier alpha value is -1.68.